The zero-order valence-corrected chi connectivity index (χ0v) is 19.7. The monoisotopic (exact) mass is 481 g/mol. The van der Waals surface area contributed by atoms with Gasteiger partial charge in [-0.25, -0.2) is 4.98 Å². The van der Waals surface area contributed by atoms with E-state index in [0.717, 1.165) is 16.7 Å². The van der Waals surface area contributed by atoms with E-state index in [2.05, 4.69) is 11.9 Å². The molecule has 4 aromatic rings. The molecule has 5 nitrogen and oxygen atoms in total. The lowest BCUT2D eigenvalue weighted by molar-refractivity contribution is -0.113. The van der Waals surface area contributed by atoms with Crippen molar-refractivity contribution in [1.29, 1.82) is 0 Å². The largest absolute Gasteiger partial charge is 0.325 e. The maximum atomic E-state index is 13.4. The number of carbonyl (C=O) groups excluding carboxylic acids is 1. The van der Waals surface area contributed by atoms with Gasteiger partial charge in [-0.3, -0.25) is 14.2 Å². The summed E-state index contributed by atoms with van der Waals surface area (Å²) in [7, 11) is 0. The third kappa shape index (κ3) is 4.65. The maximum absolute atomic E-state index is 13.4. The van der Waals surface area contributed by atoms with Gasteiger partial charge in [0.05, 0.1) is 11.1 Å². The van der Waals surface area contributed by atoms with Gasteiger partial charge in [-0.15, -0.1) is 17.9 Å². The maximum Gasteiger partial charge on any atom is 0.263 e. The number of fused-ring (bicyclic) bond motifs is 1. The molecule has 8 heteroatoms. The summed E-state index contributed by atoms with van der Waals surface area (Å²) >= 11 is 8.78. The molecule has 0 fully saturated rings. The van der Waals surface area contributed by atoms with Gasteiger partial charge >= 0.3 is 0 Å². The normalized spacial score (nSPS) is 10.9. The number of thiophene rings is 1. The number of allylic oxidation sites excluding steroid dienone is 1. The van der Waals surface area contributed by atoms with Crippen molar-refractivity contribution in [2.24, 2.45) is 0 Å². The molecular weight excluding hydrogens is 462 g/mol. The second-order valence-electron chi connectivity index (χ2n) is 7.10. The van der Waals surface area contributed by atoms with E-state index in [1.165, 1.54) is 23.1 Å². The molecule has 0 aliphatic heterocycles. The molecular formula is C24H20ClN3O2S2. The molecule has 0 bridgehead atoms. The van der Waals surface area contributed by atoms with Gasteiger partial charge in [0.1, 0.15) is 4.83 Å². The van der Waals surface area contributed by atoms with Gasteiger partial charge < -0.3 is 5.32 Å². The molecule has 2 aromatic heterocycles. The summed E-state index contributed by atoms with van der Waals surface area (Å²) in [6.07, 6.45) is 1.65. The molecule has 1 amide bonds. The SMILES string of the molecule is C=CCn1c(SCC(=O)Nc2ccc(C)c(Cl)c2)nc2scc(-c3ccccc3)c2c1=O. The number of nitrogens with one attached hydrogen (secondary N) is 1. The van der Waals surface area contributed by atoms with Gasteiger partial charge in [-0.2, -0.15) is 0 Å². The van der Waals surface area contributed by atoms with E-state index >= 15 is 0 Å². The summed E-state index contributed by atoms with van der Waals surface area (Å²) in [5.41, 5.74) is 3.27. The zero-order chi connectivity index (χ0) is 22.7. The molecule has 4 rings (SSSR count). The Balaban J connectivity index is 1.61. The first-order chi connectivity index (χ1) is 15.5. The van der Waals surface area contributed by atoms with Crippen LogP contribution in [0.4, 0.5) is 5.69 Å². The number of anilines is 1. The van der Waals surface area contributed by atoms with E-state index in [9.17, 15) is 9.59 Å². The predicted molar refractivity (Wildman–Crippen MR) is 135 cm³/mol. The number of carbonyl (C=O) groups is 1. The van der Waals surface area contributed by atoms with Crippen LogP contribution in [0, 0.1) is 6.92 Å². The average molecular weight is 482 g/mol. The van der Waals surface area contributed by atoms with Crippen molar-refractivity contribution >= 4 is 56.5 Å². The molecule has 162 valence electrons. The minimum Gasteiger partial charge on any atom is -0.325 e. The Morgan fingerprint density at radius 3 is 2.78 bits per heavy atom. The zero-order valence-electron chi connectivity index (χ0n) is 17.3. The number of benzene rings is 2. The van der Waals surface area contributed by atoms with Crippen LogP contribution < -0.4 is 10.9 Å². The first-order valence-corrected chi connectivity index (χ1v) is 12.1. The predicted octanol–water partition coefficient (Wildman–Crippen LogP) is 6.00. The lowest BCUT2D eigenvalue weighted by Crippen LogP contribution is -2.23. The van der Waals surface area contributed by atoms with Crippen LogP contribution in [-0.4, -0.2) is 21.2 Å². The number of hydrogen-bond donors (Lipinski definition) is 1. The summed E-state index contributed by atoms with van der Waals surface area (Å²) in [4.78, 5) is 31.2. The van der Waals surface area contributed by atoms with Gasteiger partial charge in [0, 0.05) is 28.2 Å². The smallest absolute Gasteiger partial charge is 0.263 e. The highest BCUT2D eigenvalue weighted by atomic mass is 35.5. The highest BCUT2D eigenvalue weighted by Crippen LogP contribution is 2.32. The Labute approximate surface area is 198 Å². The number of rotatable bonds is 7. The standard InChI is InChI=1S/C24H20ClN3O2S2/c1-3-11-28-23(30)21-18(16-7-5-4-6-8-16)13-31-22(21)27-24(28)32-14-20(29)26-17-10-9-15(2)19(25)12-17/h3-10,12-13H,1,11,14H2,2H3,(H,26,29). The molecule has 2 heterocycles. The van der Waals surface area contributed by atoms with Crippen molar-refractivity contribution in [3.05, 3.63) is 87.5 Å². The van der Waals surface area contributed by atoms with Crippen LogP contribution in [0.25, 0.3) is 21.3 Å². The minimum atomic E-state index is -0.203. The molecule has 0 saturated heterocycles. The number of nitrogens with zero attached hydrogens (tertiary/aromatic N) is 2. The highest BCUT2D eigenvalue weighted by Gasteiger charge is 2.18. The fourth-order valence-electron chi connectivity index (χ4n) is 3.23. The van der Waals surface area contributed by atoms with Crippen LogP contribution in [0.1, 0.15) is 5.56 Å². The quantitative estimate of drug-likeness (QED) is 0.199. The molecule has 0 saturated carbocycles. The minimum absolute atomic E-state index is 0.109. The van der Waals surface area contributed by atoms with Crippen LogP contribution in [0.5, 0.6) is 0 Å². The lowest BCUT2D eigenvalue weighted by Gasteiger charge is -2.11. The van der Waals surface area contributed by atoms with Crippen molar-refractivity contribution < 1.29 is 4.79 Å². The van der Waals surface area contributed by atoms with E-state index in [1.807, 2.05) is 48.7 Å². The first kappa shape index (κ1) is 22.3. The van der Waals surface area contributed by atoms with E-state index in [1.54, 1.807) is 22.8 Å². The molecule has 0 unspecified atom stereocenters. The number of thioether (sulfide) groups is 1. The molecule has 0 spiro atoms. The fraction of sp³-hybridized carbons (Fsp3) is 0.125. The summed E-state index contributed by atoms with van der Waals surface area (Å²) < 4.78 is 1.56. The summed E-state index contributed by atoms with van der Waals surface area (Å²) in [5, 5.41) is 6.45. The first-order valence-electron chi connectivity index (χ1n) is 9.85. The topological polar surface area (TPSA) is 64.0 Å². The van der Waals surface area contributed by atoms with Crippen LogP contribution >= 0.6 is 34.7 Å². The Morgan fingerprint density at radius 2 is 2.06 bits per heavy atom. The Hall–Kier alpha value is -2.87. The number of aryl methyl sites for hydroxylation is 1. The Morgan fingerprint density at radius 1 is 1.28 bits per heavy atom. The van der Waals surface area contributed by atoms with Gasteiger partial charge in [-0.1, -0.05) is 65.8 Å². The third-order valence-electron chi connectivity index (χ3n) is 4.84. The van der Waals surface area contributed by atoms with E-state index < -0.39 is 0 Å². The van der Waals surface area contributed by atoms with Gasteiger partial charge in [0.25, 0.3) is 5.56 Å². The second-order valence-corrected chi connectivity index (χ2v) is 9.30. The number of amides is 1. The average Bonchev–Trinajstić information content (AvgIpc) is 3.22. The molecule has 32 heavy (non-hydrogen) atoms. The van der Waals surface area contributed by atoms with Crippen LogP contribution in [-0.2, 0) is 11.3 Å². The number of halogens is 1. The van der Waals surface area contributed by atoms with Crippen molar-refractivity contribution in [3.63, 3.8) is 0 Å². The summed E-state index contributed by atoms with van der Waals surface area (Å²) in [6.45, 7) is 5.98. The van der Waals surface area contributed by atoms with Crippen LogP contribution in [0.15, 0.2) is 76.5 Å². The van der Waals surface area contributed by atoms with Crippen molar-refractivity contribution in [2.75, 3.05) is 11.1 Å². The fourth-order valence-corrected chi connectivity index (χ4v) is 5.21. The second kappa shape index (κ2) is 9.73. The molecule has 1 N–H and O–H groups in total. The number of aromatic nitrogens is 2. The molecule has 0 radical (unpaired) electrons. The van der Waals surface area contributed by atoms with E-state index in [4.69, 9.17) is 16.6 Å². The van der Waals surface area contributed by atoms with Gasteiger partial charge in [0.2, 0.25) is 5.91 Å². The van der Waals surface area contributed by atoms with Crippen LogP contribution in [0.2, 0.25) is 5.02 Å². The van der Waals surface area contributed by atoms with Gasteiger partial charge in [-0.05, 0) is 30.2 Å². The number of hydrogen-bond acceptors (Lipinski definition) is 5. The van der Waals surface area contributed by atoms with Crippen molar-refractivity contribution in [2.45, 2.75) is 18.6 Å². The van der Waals surface area contributed by atoms with Crippen molar-refractivity contribution in [1.82, 2.24) is 9.55 Å². The Kier molecular flexibility index (Phi) is 6.79. The molecule has 0 atom stereocenters. The third-order valence-corrected chi connectivity index (χ3v) is 7.10. The molecule has 2 aromatic carbocycles. The molecule has 0 aliphatic carbocycles. The lowest BCUT2D eigenvalue weighted by atomic mass is 10.1. The van der Waals surface area contributed by atoms with E-state index in [0.29, 0.717) is 32.6 Å². The Bertz CT molecular complexity index is 1360. The highest BCUT2D eigenvalue weighted by molar-refractivity contribution is 7.99. The molecule has 0 aliphatic rings. The van der Waals surface area contributed by atoms with Gasteiger partial charge in [0.15, 0.2) is 5.16 Å². The van der Waals surface area contributed by atoms with E-state index in [-0.39, 0.29) is 17.2 Å². The summed E-state index contributed by atoms with van der Waals surface area (Å²) in [6, 6.07) is 15.1. The summed E-state index contributed by atoms with van der Waals surface area (Å²) in [5.74, 6) is -0.0945. The van der Waals surface area contributed by atoms with Crippen molar-refractivity contribution in [3.8, 4) is 11.1 Å². The van der Waals surface area contributed by atoms with Crippen LogP contribution in [0.3, 0.4) is 0 Å².